The van der Waals surface area contributed by atoms with Crippen molar-refractivity contribution in [1.29, 1.82) is 0 Å². The second-order valence-corrected chi connectivity index (χ2v) is 7.43. The summed E-state index contributed by atoms with van der Waals surface area (Å²) in [6.45, 7) is 1.96. The maximum absolute atomic E-state index is 11.0. The fourth-order valence-electron chi connectivity index (χ4n) is 3.75. The topological polar surface area (TPSA) is 40.5 Å². The summed E-state index contributed by atoms with van der Waals surface area (Å²) in [5, 5.41) is 22.0. The van der Waals surface area contributed by atoms with Gasteiger partial charge in [-0.1, -0.05) is 66.7 Å². The van der Waals surface area contributed by atoms with E-state index >= 15 is 0 Å². The summed E-state index contributed by atoms with van der Waals surface area (Å²) in [7, 11) is 0. The van der Waals surface area contributed by atoms with Crippen molar-refractivity contribution in [3.8, 4) is 0 Å². The van der Waals surface area contributed by atoms with Gasteiger partial charge in [-0.25, -0.2) is 0 Å². The Morgan fingerprint density at radius 2 is 1.28 bits per heavy atom. The summed E-state index contributed by atoms with van der Waals surface area (Å²) >= 11 is 0. The van der Waals surface area contributed by atoms with Gasteiger partial charge in [0.25, 0.3) is 0 Å². The first-order valence-corrected chi connectivity index (χ1v) is 9.22. The Morgan fingerprint density at radius 3 is 1.80 bits per heavy atom. The lowest BCUT2D eigenvalue weighted by atomic mass is 9.73. The van der Waals surface area contributed by atoms with E-state index < -0.39 is 11.2 Å². The standard InChI is InChI=1S/C23H28O2/c1-19-18-22(24,14-12-20-8-4-2-5-9-20)16-17-23(19,25)15-13-21-10-6-3-7-11-21/h2-11,18,24-25H,12-17H2,1H3. The van der Waals surface area contributed by atoms with E-state index in [1.54, 1.807) is 0 Å². The molecule has 0 fully saturated rings. The molecule has 1 aliphatic rings. The Hall–Kier alpha value is -1.90. The minimum Gasteiger partial charge on any atom is -0.386 e. The third-order valence-electron chi connectivity index (χ3n) is 5.55. The van der Waals surface area contributed by atoms with Gasteiger partial charge in [-0.2, -0.15) is 0 Å². The Morgan fingerprint density at radius 1 is 0.760 bits per heavy atom. The molecule has 2 aromatic carbocycles. The number of aliphatic hydroxyl groups is 2. The third kappa shape index (κ3) is 4.59. The second-order valence-electron chi connectivity index (χ2n) is 7.43. The van der Waals surface area contributed by atoms with Crippen LogP contribution in [0.25, 0.3) is 0 Å². The quantitative estimate of drug-likeness (QED) is 0.765. The van der Waals surface area contributed by atoms with E-state index in [0.717, 1.165) is 18.4 Å². The fourth-order valence-corrected chi connectivity index (χ4v) is 3.75. The number of benzene rings is 2. The summed E-state index contributed by atoms with van der Waals surface area (Å²) in [5.41, 5.74) is 1.79. The molecule has 2 heteroatoms. The van der Waals surface area contributed by atoms with Crippen LogP contribution < -0.4 is 0 Å². The van der Waals surface area contributed by atoms with Crippen molar-refractivity contribution >= 4 is 0 Å². The van der Waals surface area contributed by atoms with Crippen LogP contribution >= 0.6 is 0 Å². The van der Waals surface area contributed by atoms with Crippen LogP contribution in [0.3, 0.4) is 0 Å². The molecule has 0 saturated heterocycles. The van der Waals surface area contributed by atoms with E-state index in [0.29, 0.717) is 25.7 Å². The summed E-state index contributed by atoms with van der Waals surface area (Å²) in [4.78, 5) is 0. The molecule has 132 valence electrons. The lowest BCUT2D eigenvalue weighted by molar-refractivity contribution is -0.00627. The van der Waals surface area contributed by atoms with Crippen molar-refractivity contribution < 1.29 is 10.2 Å². The van der Waals surface area contributed by atoms with E-state index in [1.165, 1.54) is 11.1 Å². The van der Waals surface area contributed by atoms with E-state index in [1.807, 2.05) is 49.4 Å². The molecule has 3 rings (SSSR count). The van der Waals surface area contributed by atoms with E-state index in [-0.39, 0.29) is 0 Å². The molecule has 25 heavy (non-hydrogen) atoms. The van der Waals surface area contributed by atoms with Gasteiger partial charge in [0, 0.05) is 0 Å². The monoisotopic (exact) mass is 336 g/mol. The molecule has 0 spiro atoms. The molecule has 0 radical (unpaired) electrons. The Bertz CT molecular complexity index is 707. The van der Waals surface area contributed by atoms with Gasteiger partial charge in [0.15, 0.2) is 0 Å². The number of rotatable bonds is 6. The summed E-state index contributed by atoms with van der Waals surface area (Å²) in [6, 6.07) is 20.5. The first-order chi connectivity index (χ1) is 12.0. The van der Waals surface area contributed by atoms with Gasteiger partial charge in [-0.3, -0.25) is 0 Å². The molecule has 2 aromatic rings. The van der Waals surface area contributed by atoms with Gasteiger partial charge in [0.2, 0.25) is 0 Å². The summed E-state index contributed by atoms with van der Waals surface area (Å²) < 4.78 is 0. The van der Waals surface area contributed by atoms with Crippen LogP contribution in [-0.4, -0.2) is 21.4 Å². The van der Waals surface area contributed by atoms with Crippen LogP contribution in [0.1, 0.15) is 43.7 Å². The van der Waals surface area contributed by atoms with Gasteiger partial charge in [-0.05, 0) is 62.1 Å². The highest BCUT2D eigenvalue weighted by molar-refractivity contribution is 5.26. The minimum atomic E-state index is -0.807. The van der Waals surface area contributed by atoms with Crippen molar-refractivity contribution in [3.05, 3.63) is 83.4 Å². The van der Waals surface area contributed by atoms with Crippen LogP contribution in [-0.2, 0) is 12.8 Å². The molecule has 0 saturated carbocycles. The normalized spacial score (nSPS) is 26.3. The third-order valence-corrected chi connectivity index (χ3v) is 5.55. The van der Waals surface area contributed by atoms with Crippen LogP contribution in [0.4, 0.5) is 0 Å². The number of aryl methyl sites for hydroxylation is 2. The molecular formula is C23H28O2. The van der Waals surface area contributed by atoms with Crippen molar-refractivity contribution in [2.75, 3.05) is 0 Å². The zero-order chi connectivity index (χ0) is 17.8. The molecular weight excluding hydrogens is 308 g/mol. The van der Waals surface area contributed by atoms with Gasteiger partial charge in [-0.15, -0.1) is 0 Å². The first kappa shape index (κ1) is 17.9. The maximum Gasteiger partial charge on any atom is 0.0859 e. The Labute approximate surface area is 150 Å². The van der Waals surface area contributed by atoms with Gasteiger partial charge in [0.1, 0.15) is 0 Å². The molecule has 2 N–H and O–H groups in total. The predicted octanol–water partition coefficient (Wildman–Crippen LogP) is 4.45. The molecule has 2 atom stereocenters. The number of hydrogen-bond donors (Lipinski definition) is 2. The average molecular weight is 336 g/mol. The molecule has 2 unspecified atom stereocenters. The largest absolute Gasteiger partial charge is 0.386 e. The fraction of sp³-hybridized carbons (Fsp3) is 0.391. The van der Waals surface area contributed by atoms with Crippen LogP contribution in [0.5, 0.6) is 0 Å². The second kappa shape index (κ2) is 7.55. The highest BCUT2D eigenvalue weighted by Crippen LogP contribution is 2.39. The lowest BCUT2D eigenvalue weighted by Crippen LogP contribution is -2.42. The van der Waals surface area contributed by atoms with E-state index in [2.05, 4.69) is 24.3 Å². The molecule has 0 aliphatic heterocycles. The van der Waals surface area contributed by atoms with E-state index in [9.17, 15) is 10.2 Å². The number of hydrogen-bond acceptors (Lipinski definition) is 2. The zero-order valence-corrected chi connectivity index (χ0v) is 15.0. The van der Waals surface area contributed by atoms with Gasteiger partial charge in [0.05, 0.1) is 11.2 Å². The summed E-state index contributed by atoms with van der Waals surface area (Å²) in [6.07, 6.45) is 6.24. The molecule has 2 nitrogen and oxygen atoms in total. The zero-order valence-electron chi connectivity index (χ0n) is 15.0. The van der Waals surface area contributed by atoms with Crippen molar-refractivity contribution in [2.24, 2.45) is 0 Å². The van der Waals surface area contributed by atoms with E-state index in [4.69, 9.17) is 0 Å². The molecule has 0 bridgehead atoms. The average Bonchev–Trinajstić information content (AvgIpc) is 2.64. The molecule has 1 aliphatic carbocycles. The van der Waals surface area contributed by atoms with Gasteiger partial charge < -0.3 is 10.2 Å². The van der Waals surface area contributed by atoms with Crippen LogP contribution in [0.15, 0.2) is 72.3 Å². The Kier molecular flexibility index (Phi) is 5.41. The highest BCUT2D eigenvalue weighted by Gasteiger charge is 2.39. The summed E-state index contributed by atoms with van der Waals surface area (Å²) in [5.74, 6) is 0. The first-order valence-electron chi connectivity index (χ1n) is 9.22. The molecule has 0 heterocycles. The SMILES string of the molecule is CC1=CC(O)(CCc2ccccc2)CCC1(O)CCc1ccccc1. The minimum absolute atomic E-state index is 0.614. The predicted molar refractivity (Wildman–Crippen MR) is 102 cm³/mol. The maximum atomic E-state index is 11.0. The van der Waals surface area contributed by atoms with Crippen molar-refractivity contribution in [3.63, 3.8) is 0 Å². The van der Waals surface area contributed by atoms with Crippen LogP contribution in [0.2, 0.25) is 0 Å². The Balaban J connectivity index is 1.63. The van der Waals surface area contributed by atoms with Crippen LogP contribution in [0, 0.1) is 0 Å². The van der Waals surface area contributed by atoms with Crippen molar-refractivity contribution in [2.45, 2.75) is 56.7 Å². The lowest BCUT2D eigenvalue weighted by Gasteiger charge is -2.40. The van der Waals surface area contributed by atoms with Crippen molar-refractivity contribution in [1.82, 2.24) is 0 Å². The van der Waals surface area contributed by atoms with Gasteiger partial charge >= 0.3 is 0 Å². The highest BCUT2D eigenvalue weighted by atomic mass is 16.3. The molecule has 0 aromatic heterocycles. The smallest absolute Gasteiger partial charge is 0.0859 e. The molecule has 0 amide bonds.